The molecule has 140 valence electrons. The lowest BCUT2D eigenvalue weighted by atomic mass is 10.0. The second kappa shape index (κ2) is 10.1. The van der Waals surface area contributed by atoms with Crippen LogP contribution >= 0.6 is 0 Å². The Bertz CT molecular complexity index is 744. The van der Waals surface area contributed by atoms with Crippen LogP contribution in [0, 0.1) is 0 Å². The summed E-state index contributed by atoms with van der Waals surface area (Å²) in [5, 5.41) is 12.3. The first-order valence-electron chi connectivity index (χ1n) is 9.49. The maximum atomic E-state index is 12.3. The number of carbonyl (C=O) groups excluding carboxylic acids is 1. The second-order valence-corrected chi connectivity index (χ2v) is 7.10. The summed E-state index contributed by atoms with van der Waals surface area (Å²) in [6.45, 7) is 6.14. The molecule has 0 radical (unpaired) electrons. The molecule has 2 atom stereocenters. The first-order chi connectivity index (χ1) is 12.5. The Labute approximate surface area is 156 Å². The van der Waals surface area contributed by atoms with Crippen molar-refractivity contribution in [3.05, 3.63) is 59.7 Å². The first kappa shape index (κ1) is 20.2. The number of benzene rings is 2. The molecule has 2 aromatic carbocycles. The van der Waals surface area contributed by atoms with E-state index in [0.29, 0.717) is 12.8 Å². The number of aliphatic hydroxyl groups is 1. The predicted molar refractivity (Wildman–Crippen MR) is 107 cm³/mol. The summed E-state index contributed by atoms with van der Waals surface area (Å²) in [5.74, 6) is -0.339. The second-order valence-electron chi connectivity index (χ2n) is 7.10. The number of hydrogen-bond donors (Lipinski definition) is 1. The zero-order chi connectivity index (χ0) is 18.9. The molecule has 0 heterocycles. The van der Waals surface area contributed by atoms with Crippen molar-refractivity contribution in [2.75, 3.05) is 0 Å². The van der Waals surface area contributed by atoms with Crippen molar-refractivity contribution in [1.29, 1.82) is 0 Å². The Hall–Kier alpha value is -2.13. The molecule has 26 heavy (non-hydrogen) atoms. The highest BCUT2D eigenvalue weighted by atomic mass is 16.5. The summed E-state index contributed by atoms with van der Waals surface area (Å²) >= 11 is 0. The Morgan fingerprint density at radius 3 is 2.58 bits per heavy atom. The van der Waals surface area contributed by atoms with E-state index in [1.165, 1.54) is 11.0 Å². The summed E-state index contributed by atoms with van der Waals surface area (Å²) in [7, 11) is 0. The fourth-order valence-electron chi connectivity index (χ4n) is 2.94. The predicted octanol–water partition coefficient (Wildman–Crippen LogP) is 5.72. The van der Waals surface area contributed by atoms with Gasteiger partial charge in [-0.15, -0.1) is 0 Å². The standard InChI is InChI=1S/C23H30O3/c1-4-5-10-21(24)16-23(25)26-22(14-11-17(2)3)20-13-12-18-8-6-7-9-19(18)15-20/h6-9,11-13,15,21-22,24H,4-5,10,14,16H2,1-3H3. The Kier molecular flexibility index (Phi) is 7.86. The third-order valence-electron chi connectivity index (χ3n) is 4.45. The number of hydrogen-bond acceptors (Lipinski definition) is 3. The number of rotatable bonds is 9. The van der Waals surface area contributed by atoms with Crippen molar-refractivity contribution < 1.29 is 14.6 Å². The van der Waals surface area contributed by atoms with E-state index >= 15 is 0 Å². The molecule has 0 saturated carbocycles. The molecule has 0 aliphatic carbocycles. The number of unbranched alkanes of at least 4 members (excludes halogenated alkanes) is 1. The van der Waals surface area contributed by atoms with E-state index in [2.05, 4.69) is 37.3 Å². The Balaban J connectivity index is 2.14. The highest BCUT2D eigenvalue weighted by Crippen LogP contribution is 2.27. The van der Waals surface area contributed by atoms with Crippen LogP contribution in [0.15, 0.2) is 54.1 Å². The maximum absolute atomic E-state index is 12.3. The number of esters is 1. The van der Waals surface area contributed by atoms with Crippen molar-refractivity contribution in [1.82, 2.24) is 0 Å². The minimum atomic E-state index is -0.622. The summed E-state index contributed by atoms with van der Waals surface area (Å²) in [5.41, 5.74) is 2.17. The quantitative estimate of drug-likeness (QED) is 0.462. The maximum Gasteiger partial charge on any atom is 0.309 e. The van der Waals surface area contributed by atoms with Gasteiger partial charge in [-0.05, 0) is 42.7 Å². The monoisotopic (exact) mass is 354 g/mol. The van der Waals surface area contributed by atoms with Gasteiger partial charge < -0.3 is 9.84 Å². The van der Waals surface area contributed by atoms with Gasteiger partial charge in [-0.3, -0.25) is 4.79 Å². The molecule has 2 rings (SSSR count). The van der Waals surface area contributed by atoms with Crippen LogP contribution in [0.25, 0.3) is 10.8 Å². The summed E-state index contributed by atoms with van der Waals surface area (Å²) in [6, 6.07) is 14.3. The first-order valence-corrected chi connectivity index (χ1v) is 9.49. The highest BCUT2D eigenvalue weighted by molar-refractivity contribution is 5.83. The van der Waals surface area contributed by atoms with E-state index < -0.39 is 6.10 Å². The molecule has 0 aliphatic rings. The normalized spacial score (nSPS) is 13.2. The van der Waals surface area contributed by atoms with Crippen molar-refractivity contribution in [3.8, 4) is 0 Å². The minimum Gasteiger partial charge on any atom is -0.457 e. The van der Waals surface area contributed by atoms with Crippen LogP contribution in [0.1, 0.15) is 64.5 Å². The number of carbonyl (C=O) groups is 1. The molecule has 0 bridgehead atoms. The molecular formula is C23H30O3. The molecule has 0 saturated heterocycles. The lowest BCUT2D eigenvalue weighted by Crippen LogP contribution is -2.18. The van der Waals surface area contributed by atoms with Crippen LogP contribution < -0.4 is 0 Å². The molecule has 2 aromatic rings. The van der Waals surface area contributed by atoms with E-state index in [1.54, 1.807) is 0 Å². The van der Waals surface area contributed by atoms with Gasteiger partial charge in [0.15, 0.2) is 0 Å². The SMILES string of the molecule is CCCCC(O)CC(=O)OC(CC=C(C)C)c1ccc2ccccc2c1. The Morgan fingerprint density at radius 1 is 1.15 bits per heavy atom. The Morgan fingerprint density at radius 2 is 1.88 bits per heavy atom. The zero-order valence-corrected chi connectivity index (χ0v) is 16.1. The largest absolute Gasteiger partial charge is 0.457 e. The minimum absolute atomic E-state index is 0.0545. The van der Waals surface area contributed by atoms with E-state index in [1.807, 2.05) is 32.0 Å². The van der Waals surface area contributed by atoms with Crippen LogP contribution in [0.4, 0.5) is 0 Å². The van der Waals surface area contributed by atoms with Gasteiger partial charge in [-0.1, -0.05) is 67.8 Å². The number of aliphatic hydroxyl groups excluding tert-OH is 1. The van der Waals surface area contributed by atoms with Crippen molar-refractivity contribution >= 4 is 16.7 Å². The average Bonchev–Trinajstić information content (AvgIpc) is 2.62. The van der Waals surface area contributed by atoms with Gasteiger partial charge in [0.1, 0.15) is 6.10 Å². The molecule has 2 unspecified atom stereocenters. The van der Waals surface area contributed by atoms with Gasteiger partial charge in [-0.25, -0.2) is 0 Å². The van der Waals surface area contributed by atoms with E-state index in [4.69, 9.17) is 4.74 Å². The van der Waals surface area contributed by atoms with Gasteiger partial charge in [-0.2, -0.15) is 0 Å². The van der Waals surface area contributed by atoms with E-state index in [9.17, 15) is 9.90 Å². The molecule has 0 aliphatic heterocycles. The third-order valence-corrected chi connectivity index (χ3v) is 4.45. The molecule has 0 spiro atoms. The summed E-state index contributed by atoms with van der Waals surface area (Å²) in [6.07, 6.45) is 4.38. The van der Waals surface area contributed by atoms with Gasteiger partial charge >= 0.3 is 5.97 Å². The molecule has 3 heteroatoms. The summed E-state index contributed by atoms with van der Waals surface area (Å²) < 4.78 is 5.74. The lowest BCUT2D eigenvalue weighted by molar-refractivity contribution is -0.151. The number of ether oxygens (including phenoxy) is 1. The van der Waals surface area contributed by atoms with Crippen LogP contribution in [0.5, 0.6) is 0 Å². The van der Waals surface area contributed by atoms with Crippen LogP contribution in [-0.4, -0.2) is 17.2 Å². The van der Waals surface area contributed by atoms with Gasteiger partial charge in [0.2, 0.25) is 0 Å². The molecule has 0 aromatic heterocycles. The summed E-state index contributed by atoms with van der Waals surface area (Å²) in [4.78, 5) is 12.3. The van der Waals surface area contributed by atoms with Crippen LogP contribution in [-0.2, 0) is 9.53 Å². The molecule has 0 fully saturated rings. The fourth-order valence-corrected chi connectivity index (χ4v) is 2.94. The average molecular weight is 354 g/mol. The van der Waals surface area contributed by atoms with Crippen molar-refractivity contribution in [3.63, 3.8) is 0 Å². The van der Waals surface area contributed by atoms with E-state index in [-0.39, 0.29) is 18.5 Å². The number of allylic oxidation sites excluding steroid dienone is 1. The fraction of sp³-hybridized carbons (Fsp3) is 0.435. The third kappa shape index (κ3) is 6.30. The van der Waals surface area contributed by atoms with Crippen LogP contribution in [0.3, 0.4) is 0 Å². The molecule has 3 nitrogen and oxygen atoms in total. The highest BCUT2D eigenvalue weighted by Gasteiger charge is 2.19. The number of fused-ring (bicyclic) bond motifs is 1. The smallest absolute Gasteiger partial charge is 0.309 e. The van der Waals surface area contributed by atoms with Gasteiger partial charge in [0.25, 0.3) is 0 Å². The zero-order valence-electron chi connectivity index (χ0n) is 16.1. The molecular weight excluding hydrogens is 324 g/mol. The molecule has 1 N–H and O–H groups in total. The molecule has 0 amide bonds. The van der Waals surface area contributed by atoms with Gasteiger partial charge in [0, 0.05) is 6.42 Å². The van der Waals surface area contributed by atoms with Crippen LogP contribution in [0.2, 0.25) is 0 Å². The van der Waals surface area contributed by atoms with Gasteiger partial charge in [0.05, 0.1) is 12.5 Å². The van der Waals surface area contributed by atoms with Crippen molar-refractivity contribution in [2.45, 2.75) is 65.1 Å². The van der Waals surface area contributed by atoms with E-state index in [0.717, 1.165) is 23.8 Å². The lowest BCUT2D eigenvalue weighted by Gasteiger charge is -2.19. The van der Waals surface area contributed by atoms with Crippen molar-refractivity contribution in [2.24, 2.45) is 0 Å². The topological polar surface area (TPSA) is 46.5 Å².